The van der Waals surface area contributed by atoms with Crippen LogP contribution in [0, 0.1) is 0 Å². The van der Waals surface area contributed by atoms with Gasteiger partial charge in [0.25, 0.3) is 10.0 Å². The number of benzene rings is 1. The van der Waals surface area contributed by atoms with Crippen molar-refractivity contribution in [3.05, 3.63) is 64.1 Å². The molecule has 0 amide bonds. The first kappa shape index (κ1) is 23.0. The molecule has 10 heteroatoms. The fraction of sp³-hybridized carbons (Fsp3) is 0.364. The van der Waals surface area contributed by atoms with Crippen molar-refractivity contribution in [2.45, 2.75) is 36.7 Å². The zero-order valence-electron chi connectivity index (χ0n) is 18.0. The van der Waals surface area contributed by atoms with Crippen LogP contribution in [0.2, 0.25) is 5.02 Å². The fourth-order valence-electron chi connectivity index (χ4n) is 4.05. The summed E-state index contributed by atoms with van der Waals surface area (Å²) in [4.78, 5) is 12.9. The van der Waals surface area contributed by atoms with Crippen LogP contribution in [-0.4, -0.2) is 49.5 Å². The fourth-order valence-corrected chi connectivity index (χ4v) is 5.95. The number of hydrogen-bond acceptors (Lipinski definition) is 7. The number of anilines is 2. The van der Waals surface area contributed by atoms with Gasteiger partial charge in [-0.05, 0) is 31.4 Å². The van der Waals surface area contributed by atoms with Gasteiger partial charge in [0.2, 0.25) is 0 Å². The van der Waals surface area contributed by atoms with Gasteiger partial charge in [-0.2, -0.15) is 0 Å². The molecule has 1 aromatic carbocycles. The summed E-state index contributed by atoms with van der Waals surface area (Å²) >= 11 is 7.78. The lowest BCUT2D eigenvalue weighted by Crippen LogP contribution is -2.44. The predicted octanol–water partition coefficient (Wildman–Crippen LogP) is 4.65. The summed E-state index contributed by atoms with van der Waals surface area (Å²) in [5, 5.41) is 1.94. The summed E-state index contributed by atoms with van der Waals surface area (Å²) in [6, 6.07) is 12.7. The van der Waals surface area contributed by atoms with Gasteiger partial charge in [-0.1, -0.05) is 41.9 Å². The summed E-state index contributed by atoms with van der Waals surface area (Å²) in [7, 11) is -1.83. The molecule has 1 saturated heterocycles. The lowest BCUT2D eigenvalue weighted by Gasteiger charge is -2.40. The monoisotopic (exact) mass is 491 g/mol. The van der Waals surface area contributed by atoms with Crippen LogP contribution >= 0.6 is 22.9 Å². The number of pyridine rings is 1. The maximum absolute atomic E-state index is 12.6. The zero-order chi connectivity index (χ0) is 22.7. The highest BCUT2D eigenvalue weighted by atomic mass is 35.5. The number of nitrogens with one attached hydrogen (secondary N) is 1. The Morgan fingerprint density at radius 2 is 1.94 bits per heavy atom. The van der Waals surface area contributed by atoms with Gasteiger partial charge in [0, 0.05) is 43.8 Å². The molecular weight excluding hydrogens is 466 g/mol. The number of halogens is 1. The number of piperidine rings is 1. The highest BCUT2D eigenvalue weighted by molar-refractivity contribution is 7.92. The van der Waals surface area contributed by atoms with Crippen LogP contribution in [0.3, 0.4) is 0 Å². The Kier molecular flexibility index (Phi) is 6.99. The molecule has 3 heterocycles. The molecule has 1 N–H and O–H groups in total. The number of sulfonamides is 1. The summed E-state index contributed by atoms with van der Waals surface area (Å²) < 4.78 is 27.6. The quantitative estimate of drug-likeness (QED) is 0.518. The molecule has 32 heavy (non-hydrogen) atoms. The molecule has 0 bridgehead atoms. The molecule has 0 aliphatic carbocycles. The van der Waals surface area contributed by atoms with Crippen LogP contribution in [0.15, 0.2) is 58.4 Å². The molecule has 0 radical (unpaired) electrons. The minimum absolute atomic E-state index is 0.0131. The van der Waals surface area contributed by atoms with Crippen molar-refractivity contribution >= 4 is 44.6 Å². The van der Waals surface area contributed by atoms with E-state index < -0.39 is 10.0 Å². The Bertz CT molecular complexity index is 1130. The average molecular weight is 492 g/mol. The summed E-state index contributed by atoms with van der Waals surface area (Å²) in [6.07, 6.45) is 3.31. The molecular formula is C22H26ClN5O2S2. The van der Waals surface area contributed by atoms with Gasteiger partial charge in [-0.3, -0.25) is 9.62 Å². The van der Waals surface area contributed by atoms with Crippen LogP contribution < -0.4 is 9.62 Å². The smallest absolute Gasteiger partial charge is 0.264 e. The second-order valence-electron chi connectivity index (χ2n) is 7.92. The number of thiazole rings is 1. The van der Waals surface area contributed by atoms with E-state index in [9.17, 15) is 8.42 Å². The maximum Gasteiger partial charge on any atom is 0.264 e. The van der Waals surface area contributed by atoms with Crippen molar-refractivity contribution in [3.8, 4) is 0 Å². The van der Waals surface area contributed by atoms with Gasteiger partial charge in [0.1, 0.15) is 10.7 Å². The van der Waals surface area contributed by atoms with Crippen molar-refractivity contribution in [1.29, 1.82) is 0 Å². The van der Waals surface area contributed by atoms with Gasteiger partial charge in [-0.15, -0.1) is 11.3 Å². The van der Waals surface area contributed by atoms with E-state index >= 15 is 0 Å². The van der Waals surface area contributed by atoms with Crippen LogP contribution in [-0.2, 0) is 10.0 Å². The number of hydrogen-bond donors (Lipinski definition) is 1. The van der Waals surface area contributed by atoms with Crippen molar-refractivity contribution in [3.63, 3.8) is 0 Å². The molecule has 7 nitrogen and oxygen atoms in total. The topological polar surface area (TPSA) is 78.4 Å². The van der Waals surface area contributed by atoms with E-state index in [4.69, 9.17) is 11.6 Å². The molecule has 1 aliphatic rings. The minimum Gasteiger partial charge on any atom is -0.355 e. The average Bonchev–Trinajstić information content (AvgIpc) is 3.31. The Labute approximate surface area is 198 Å². The molecule has 0 spiro atoms. The third-order valence-corrected chi connectivity index (χ3v) is 8.18. The van der Waals surface area contributed by atoms with E-state index in [1.807, 2.05) is 13.1 Å². The van der Waals surface area contributed by atoms with Crippen LogP contribution in [0.4, 0.5) is 11.6 Å². The summed E-state index contributed by atoms with van der Waals surface area (Å²) in [5.74, 6) is 0.873. The SMILES string of the molecule is C[C@H](c1ccccc1)N1CCC(N(C)c2ncc(S(=O)(=O)Nc3cscn3)cc2Cl)CC1. The van der Waals surface area contributed by atoms with Crippen molar-refractivity contribution in [2.75, 3.05) is 29.8 Å². The van der Waals surface area contributed by atoms with Crippen LogP contribution in [0.5, 0.6) is 0 Å². The second-order valence-corrected chi connectivity index (χ2v) is 10.7. The molecule has 3 aromatic rings. The third-order valence-electron chi connectivity index (χ3n) is 5.99. The Morgan fingerprint density at radius 1 is 1.22 bits per heavy atom. The molecule has 0 unspecified atom stereocenters. The van der Waals surface area contributed by atoms with Crippen molar-refractivity contribution < 1.29 is 8.42 Å². The van der Waals surface area contributed by atoms with Gasteiger partial charge in [-0.25, -0.2) is 18.4 Å². The van der Waals surface area contributed by atoms with Crippen molar-refractivity contribution in [2.24, 2.45) is 0 Å². The standard InChI is InChI=1S/C22H26ClN5O2S2/c1-16(17-6-4-3-5-7-17)28-10-8-18(9-11-28)27(2)22-20(23)12-19(13-24-22)32(29,30)26-21-14-31-15-25-21/h3-7,12-16,18,26H,8-11H2,1-2H3/t16-/m1/s1. The van der Waals surface area contributed by atoms with E-state index in [1.165, 1.54) is 29.2 Å². The van der Waals surface area contributed by atoms with E-state index in [1.54, 1.807) is 10.9 Å². The molecule has 4 rings (SSSR count). The first-order valence-electron chi connectivity index (χ1n) is 10.4. The largest absolute Gasteiger partial charge is 0.355 e. The lowest BCUT2D eigenvalue weighted by molar-refractivity contribution is 0.161. The van der Waals surface area contributed by atoms with Gasteiger partial charge < -0.3 is 4.90 Å². The Hall–Kier alpha value is -2.20. The van der Waals surface area contributed by atoms with E-state index in [0.29, 0.717) is 16.9 Å². The zero-order valence-corrected chi connectivity index (χ0v) is 20.4. The Balaban J connectivity index is 1.41. The second kappa shape index (κ2) is 9.74. The molecule has 1 atom stereocenters. The molecule has 0 saturated carbocycles. The molecule has 170 valence electrons. The van der Waals surface area contributed by atoms with E-state index in [0.717, 1.165) is 25.9 Å². The summed E-state index contributed by atoms with van der Waals surface area (Å²) in [5.41, 5.74) is 2.89. The van der Waals surface area contributed by atoms with Crippen LogP contribution in [0.25, 0.3) is 0 Å². The van der Waals surface area contributed by atoms with Crippen molar-refractivity contribution in [1.82, 2.24) is 14.9 Å². The highest BCUT2D eigenvalue weighted by Crippen LogP contribution is 2.31. The number of likely N-dealkylation sites (tertiary alicyclic amines) is 1. The first-order valence-corrected chi connectivity index (χ1v) is 13.2. The third kappa shape index (κ3) is 5.06. The minimum atomic E-state index is -3.79. The first-order chi connectivity index (χ1) is 15.3. The van der Waals surface area contributed by atoms with Gasteiger partial charge in [0.15, 0.2) is 5.82 Å². The number of aromatic nitrogens is 2. The summed E-state index contributed by atoms with van der Waals surface area (Å²) in [6.45, 7) is 4.20. The lowest BCUT2D eigenvalue weighted by atomic mass is 9.99. The molecule has 1 aliphatic heterocycles. The van der Waals surface area contributed by atoms with Gasteiger partial charge >= 0.3 is 0 Å². The Morgan fingerprint density at radius 3 is 2.56 bits per heavy atom. The van der Waals surface area contributed by atoms with E-state index in [2.05, 4.69) is 55.7 Å². The highest BCUT2D eigenvalue weighted by Gasteiger charge is 2.28. The molecule has 2 aromatic heterocycles. The number of nitrogens with zero attached hydrogens (tertiary/aromatic N) is 4. The molecule has 1 fully saturated rings. The maximum atomic E-state index is 12.6. The van der Waals surface area contributed by atoms with Gasteiger partial charge in [0.05, 0.1) is 10.5 Å². The number of rotatable bonds is 7. The predicted molar refractivity (Wildman–Crippen MR) is 130 cm³/mol. The van der Waals surface area contributed by atoms with E-state index in [-0.39, 0.29) is 16.8 Å². The normalized spacial score (nSPS) is 16.6. The van der Waals surface area contributed by atoms with Crippen LogP contribution in [0.1, 0.15) is 31.4 Å².